The molecule has 0 aliphatic heterocycles. The molecule has 5 nitrogen and oxygen atoms in total. The summed E-state index contributed by atoms with van der Waals surface area (Å²) >= 11 is 0. The summed E-state index contributed by atoms with van der Waals surface area (Å²) in [5, 5.41) is 7.81. The number of nitrogens with two attached hydrogens (primary N) is 1. The highest BCUT2D eigenvalue weighted by Gasteiger charge is 2.27. The summed E-state index contributed by atoms with van der Waals surface area (Å²) < 4.78 is 2.04. The van der Waals surface area contributed by atoms with E-state index >= 15 is 0 Å². The number of benzene rings is 4. The van der Waals surface area contributed by atoms with Crippen molar-refractivity contribution in [1.82, 2.24) is 9.78 Å². The summed E-state index contributed by atoms with van der Waals surface area (Å²) in [4.78, 5) is 13.3. The van der Waals surface area contributed by atoms with Crippen molar-refractivity contribution in [2.45, 2.75) is 32.4 Å². The van der Waals surface area contributed by atoms with Crippen molar-refractivity contribution in [3.8, 4) is 11.1 Å². The minimum absolute atomic E-state index is 0. The van der Waals surface area contributed by atoms with Crippen LogP contribution in [0, 0.1) is 13.8 Å². The number of aromatic nitrogens is 2. The molecule has 0 radical (unpaired) electrons. The van der Waals surface area contributed by atoms with Gasteiger partial charge in [0.05, 0.1) is 18.3 Å². The Kier molecular flexibility index (Phi) is 8.97. The van der Waals surface area contributed by atoms with Gasteiger partial charge in [0.2, 0.25) is 5.91 Å². The van der Waals surface area contributed by atoms with Crippen LogP contribution in [0.4, 0.5) is 5.69 Å². The third kappa shape index (κ3) is 6.28. The molecule has 0 bridgehead atoms. The number of nitrogens with one attached hydrogen (secondary N) is 1. The second-order valence-electron chi connectivity index (χ2n) is 9.58. The molecule has 3 N–H and O–H groups in total. The normalized spacial score (nSPS) is 11.6. The van der Waals surface area contributed by atoms with Crippen LogP contribution in [0.1, 0.15) is 34.0 Å². The maximum atomic E-state index is 13.3. The Morgan fingerprint density at radius 3 is 1.85 bits per heavy atom. The Labute approximate surface area is 236 Å². The fraction of sp³-hybridized carbons (Fsp3) is 0.152. The first-order valence-corrected chi connectivity index (χ1v) is 12.9. The molecule has 0 aliphatic carbocycles. The third-order valence-corrected chi connectivity index (χ3v) is 6.98. The van der Waals surface area contributed by atoms with Crippen LogP contribution in [0.2, 0.25) is 0 Å². The van der Waals surface area contributed by atoms with Gasteiger partial charge >= 0.3 is 0 Å². The molecule has 0 spiro atoms. The quantitative estimate of drug-likeness (QED) is 0.231. The lowest BCUT2D eigenvalue weighted by molar-refractivity contribution is -0.117. The lowest BCUT2D eigenvalue weighted by atomic mass is 9.85. The van der Waals surface area contributed by atoms with Crippen LogP contribution in [0.25, 0.3) is 11.1 Å². The molecule has 1 heterocycles. The number of hydrogen-bond donors (Lipinski definition) is 2. The van der Waals surface area contributed by atoms with Gasteiger partial charge in [-0.15, -0.1) is 12.4 Å². The summed E-state index contributed by atoms with van der Waals surface area (Å²) in [5.74, 6) is -0.476. The Hall–Kier alpha value is -4.19. The van der Waals surface area contributed by atoms with Gasteiger partial charge in [-0.05, 0) is 48.2 Å². The van der Waals surface area contributed by atoms with Gasteiger partial charge in [0.1, 0.15) is 0 Å². The predicted molar refractivity (Wildman–Crippen MR) is 161 cm³/mol. The molecule has 39 heavy (non-hydrogen) atoms. The van der Waals surface area contributed by atoms with Gasteiger partial charge in [-0.25, -0.2) is 0 Å². The molecular weight excluding hydrogens is 504 g/mol. The predicted octanol–water partition coefficient (Wildman–Crippen LogP) is 6.73. The Morgan fingerprint density at radius 1 is 0.795 bits per heavy atom. The van der Waals surface area contributed by atoms with Gasteiger partial charge in [0, 0.05) is 22.9 Å². The average Bonchev–Trinajstić information content (AvgIpc) is 3.23. The molecule has 1 aromatic heterocycles. The number of amides is 1. The first-order valence-electron chi connectivity index (χ1n) is 12.9. The van der Waals surface area contributed by atoms with Gasteiger partial charge in [0.25, 0.3) is 0 Å². The number of aryl methyl sites for hydroxylation is 1. The van der Waals surface area contributed by atoms with Gasteiger partial charge in [0.15, 0.2) is 0 Å². The van der Waals surface area contributed by atoms with E-state index in [0.717, 1.165) is 40.2 Å². The average molecular weight is 537 g/mol. The van der Waals surface area contributed by atoms with E-state index in [9.17, 15) is 4.79 Å². The van der Waals surface area contributed by atoms with E-state index in [1.807, 2.05) is 115 Å². The standard InChI is InChI=1S/C33H32N4O.ClH/c1-23-30(24(2)37(36-23)22-25-12-6-3-7-13-25)28-18-20-29(21-19-28)35-33(38)32(34)31(26-14-8-4-9-15-26)27-16-10-5-11-17-27;/h3-21,31-32H,22,34H2,1-2H3,(H,35,38);1H/t32-;/m0./s1. The number of nitrogens with zero attached hydrogens (tertiary/aromatic N) is 2. The van der Waals surface area contributed by atoms with E-state index in [2.05, 4.69) is 24.4 Å². The smallest absolute Gasteiger partial charge is 0.242 e. The van der Waals surface area contributed by atoms with Crippen LogP contribution in [0.3, 0.4) is 0 Å². The number of carbonyl (C=O) groups is 1. The summed E-state index contributed by atoms with van der Waals surface area (Å²) in [6.07, 6.45) is 0. The zero-order chi connectivity index (χ0) is 26.5. The second kappa shape index (κ2) is 12.6. The van der Waals surface area contributed by atoms with Crippen LogP contribution in [-0.4, -0.2) is 21.7 Å². The fourth-order valence-corrected chi connectivity index (χ4v) is 5.05. The lowest BCUT2D eigenvalue weighted by Crippen LogP contribution is -2.41. The molecule has 5 aromatic rings. The monoisotopic (exact) mass is 536 g/mol. The van der Waals surface area contributed by atoms with Gasteiger partial charge in [-0.2, -0.15) is 5.10 Å². The van der Waals surface area contributed by atoms with Crippen molar-refractivity contribution in [3.63, 3.8) is 0 Å². The molecule has 0 unspecified atom stereocenters. The van der Waals surface area contributed by atoms with Crippen LogP contribution < -0.4 is 11.1 Å². The third-order valence-electron chi connectivity index (χ3n) is 6.98. The Balaban J connectivity index is 0.00000353. The highest BCUT2D eigenvalue weighted by atomic mass is 35.5. The van der Waals surface area contributed by atoms with Crippen molar-refractivity contribution in [2.24, 2.45) is 5.73 Å². The maximum Gasteiger partial charge on any atom is 0.242 e. The molecule has 0 fully saturated rings. The van der Waals surface area contributed by atoms with Crippen molar-refractivity contribution in [1.29, 1.82) is 0 Å². The topological polar surface area (TPSA) is 72.9 Å². The van der Waals surface area contributed by atoms with Crippen LogP contribution in [0.15, 0.2) is 115 Å². The van der Waals surface area contributed by atoms with E-state index < -0.39 is 6.04 Å². The SMILES string of the molecule is Cc1nn(Cc2ccccc2)c(C)c1-c1ccc(NC(=O)[C@@H](N)C(c2ccccc2)c2ccccc2)cc1.Cl. The summed E-state index contributed by atoms with van der Waals surface area (Å²) in [6, 6.07) is 37.4. The Bertz CT molecular complexity index is 1460. The maximum absolute atomic E-state index is 13.3. The minimum atomic E-state index is -0.750. The highest BCUT2D eigenvalue weighted by molar-refractivity contribution is 5.96. The molecule has 0 aliphatic rings. The molecule has 198 valence electrons. The number of carbonyl (C=O) groups excluding carboxylic acids is 1. The van der Waals surface area contributed by atoms with Gasteiger partial charge < -0.3 is 11.1 Å². The molecular formula is C33H33ClN4O. The Morgan fingerprint density at radius 2 is 1.31 bits per heavy atom. The van der Waals surface area contributed by atoms with E-state index in [4.69, 9.17) is 10.8 Å². The lowest BCUT2D eigenvalue weighted by Gasteiger charge is -2.24. The number of rotatable bonds is 8. The number of hydrogen-bond acceptors (Lipinski definition) is 3. The minimum Gasteiger partial charge on any atom is -0.325 e. The van der Waals surface area contributed by atoms with Crippen LogP contribution in [0.5, 0.6) is 0 Å². The van der Waals surface area contributed by atoms with E-state index in [1.165, 1.54) is 5.56 Å². The first-order chi connectivity index (χ1) is 18.5. The summed E-state index contributed by atoms with van der Waals surface area (Å²) in [6.45, 7) is 4.86. The molecule has 5 rings (SSSR count). The zero-order valence-electron chi connectivity index (χ0n) is 22.1. The second-order valence-corrected chi connectivity index (χ2v) is 9.58. The van der Waals surface area contributed by atoms with Gasteiger partial charge in [-0.3, -0.25) is 9.48 Å². The summed E-state index contributed by atoms with van der Waals surface area (Å²) in [5.41, 5.74) is 14.8. The molecule has 1 amide bonds. The molecule has 0 saturated heterocycles. The first kappa shape index (κ1) is 27.8. The van der Waals surface area contributed by atoms with Crippen molar-refractivity contribution in [3.05, 3.63) is 143 Å². The number of anilines is 1. The van der Waals surface area contributed by atoms with Crippen LogP contribution in [-0.2, 0) is 11.3 Å². The van der Waals surface area contributed by atoms with E-state index in [0.29, 0.717) is 5.69 Å². The largest absolute Gasteiger partial charge is 0.325 e. The molecule has 1 atom stereocenters. The van der Waals surface area contributed by atoms with Crippen molar-refractivity contribution >= 4 is 24.0 Å². The molecule has 0 saturated carbocycles. The zero-order valence-corrected chi connectivity index (χ0v) is 22.9. The number of halogens is 1. The van der Waals surface area contributed by atoms with Gasteiger partial charge in [-0.1, -0.05) is 103 Å². The molecule has 6 heteroatoms. The fourth-order valence-electron chi connectivity index (χ4n) is 5.05. The van der Waals surface area contributed by atoms with Crippen molar-refractivity contribution < 1.29 is 4.79 Å². The highest BCUT2D eigenvalue weighted by Crippen LogP contribution is 2.30. The van der Waals surface area contributed by atoms with E-state index in [-0.39, 0.29) is 24.2 Å². The van der Waals surface area contributed by atoms with E-state index in [1.54, 1.807) is 0 Å². The van der Waals surface area contributed by atoms with Crippen molar-refractivity contribution in [2.75, 3.05) is 5.32 Å². The molecule has 4 aromatic carbocycles. The summed E-state index contributed by atoms with van der Waals surface area (Å²) in [7, 11) is 0. The van der Waals surface area contributed by atoms with Crippen LogP contribution >= 0.6 is 12.4 Å².